The summed E-state index contributed by atoms with van der Waals surface area (Å²) in [7, 11) is 0. The van der Waals surface area contributed by atoms with Crippen LogP contribution in [0.4, 0.5) is 0 Å². The number of benzene rings is 1. The van der Waals surface area contributed by atoms with Gasteiger partial charge in [0.25, 0.3) is 0 Å². The van der Waals surface area contributed by atoms with Crippen LogP contribution < -0.4 is 5.73 Å². The summed E-state index contributed by atoms with van der Waals surface area (Å²) in [6, 6.07) is 10.3. The molecule has 0 aromatic heterocycles. The Kier molecular flexibility index (Phi) is 5.54. The number of thioether (sulfide) groups is 1. The lowest BCUT2D eigenvalue weighted by Crippen LogP contribution is -2.19. The molecule has 17 heavy (non-hydrogen) atoms. The summed E-state index contributed by atoms with van der Waals surface area (Å²) in [5.41, 5.74) is 7.13. The number of nitrogens with two attached hydrogens (primary N) is 1. The van der Waals surface area contributed by atoms with Crippen molar-refractivity contribution in [2.45, 2.75) is 43.4 Å². The van der Waals surface area contributed by atoms with E-state index >= 15 is 0 Å². The number of nitriles is 1. The molecule has 0 aliphatic heterocycles. The molecule has 2 atom stereocenters. The van der Waals surface area contributed by atoms with Crippen molar-refractivity contribution in [1.82, 2.24) is 0 Å². The Hall–Kier alpha value is -0.980. The second-order valence-corrected chi connectivity index (χ2v) is 6.06. The van der Waals surface area contributed by atoms with Crippen molar-refractivity contribution >= 4 is 11.8 Å². The molecule has 0 saturated carbocycles. The zero-order valence-electron chi connectivity index (χ0n) is 10.7. The molecule has 0 aliphatic rings. The fourth-order valence-electron chi connectivity index (χ4n) is 1.70. The molecular weight excluding hydrogens is 228 g/mol. The minimum atomic E-state index is -0.178. The van der Waals surface area contributed by atoms with Gasteiger partial charge in [0.05, 0.1) is 12.0 Å². The van der Waals surface area contributed by atoms with E-state index in [0.717, 1.165) is 12.0 Å². The maximum absolute atomic E-state index is 9.00. The van der Waals surface area contributed by atoms with Crippen LogP contribution in [0, 0.1) is 17.2 Å². The molecule has 0 spiro atoms. The molecule has 3 heteroatoms. The molecule has 0 bridgehead atoms. The quantitative estimate of drug-likeness (QED) is 0.808. The summed E-state index contributed by atoms with van der Waals surface area (Å²) in [6.45, 7) is 6.34. The first-order valence-corrected chi connectivity index (χ1v) is 6.88. The van der Waals surface area contributed by atoms with Crippen LogP contribution in [-0.2, 0) is 0 Å². The smallest absolute Gasteiger partial charge is 0.0675 e. The Morgan fingerprint density at radius 1 is 1.29 bits per heavy atom. The molecule has 2 nitrogen and oxygen atoms in total. The van der Waals surface area contributed by atoms with Gasteiger partial charge in [0.1, 0.15) is 0 Å². The van der Waals surface area contributed by atoms with Gasteiger partial charge in [-0.15, -0.1) is 11.8 Å². The van der Waals surface area contributed by atoms with Gasteiger partial charge in [0, 0.05) is 16.2 Å². The monoisotopic (exact) mass is 248 g/mol. The predicted octanol–water partition coefficient (Wildman–Crippen LogP) is 3.74. The molecule has 1 aromatic carbocycles. The van der Waals surface area contributed by atoms with E-state index in [9.17, 15) is 0 Å². The first-order chi connectivity index (χ1) is 8.08. The van der Waals surface area contributed by atoms with Crippen LogP contribution in [0.3, 0.4) is 0 Å². The van der Waals surface area contributed by atoms with Crippen LogP contribution in [-0.4, -0.2) is 5.25 Å². The molecule has 0 saturated heterocycles. The first-order valence-electron chi connectivity index (χ1n) is 6.00. The third-order valence-corrected chi connectivity index (χ3v) is 3.69. The molecular formula is C14H20N2S. The Bertz CT molecular complexity index is 378. The Labute approximate surface area is 108 Å². The van der Waals surface area contributed by atoms with Crippen molar-refractivity contribution < 1.29 is 0 Å². The summed E-state index contributed by atoms with van der Waals surface area (Å²) in [5, 5.41) is 9.58. The van der Waals surface area contributed by atoms with Crippen LogP contribution >= 0.6 is 11.8 Å². The lowest BCUT2D eigenvalue weighted by Gasteiger charge is -2.16. The predicted molar refractivity (Wildman–Crippen MR) is 73.8 cm³/mol. The van der Waals surface area contributed by atoms with Gasteiger partial charge < -0.3 is 5.73 Å². The van der Waals surface area contributed by atoms with Gasteiger partial charge in [-0.2, -0.15) is 5.26 Å². The van der Waals surface area contributed by atoms with Gasteiger partial charge in [0.15, 0.2) is 0 Å². The van der Waals surface area contributed by atoms with E-state index in [1.54, 1.807) is 0 Å². The Balaban J connectivity index is 2.77. The van der Waals surface area contributed by atoms with Crippen LogP contribution in [0.5, 0.6) is 0 Å². The van der Waals surface area contributed by atoms with E-state index in [1.807, 2.05) is 30.8 Å². The Morgan fingerprint density at radius 3 is 2.29 bits per heavy atom. The van der Waals surface area contributed by atoms with Crippen molar-refractivity contribution in [3.05, 3.63) is 29.8 Å². The van der Waals surface area contributed by atoms with Gasteiger partial charge >= 0.3 is 0 Å². The number of hydrogen-bond donors (Lipinski definition) is 1. The maximum atomic E-state index is 9.00. The second-order valence-electron chi connectivity index (χ2n) is 4.41. The fourth-order valence-corrected chi connectivity index (χ4v) is 2.54. The lowest BCUT2D eigenvalue weighted by atomic mass is 9.93. The molecule has 1 rings (SSSR count). The molecule has 92 valence electrons. The van der Waals surface area contributed by atoms with Crippen LogP contribution in [0.25, 0.3) is 0 Å². The van der Waals surface area contributed by atoms with Crippen molar-refractivity contribution in [3.8, 4) is 6.07 Å². The first kappa shape index (κ1) is 14.1. The average Bonchev–Trinajstić information content (AvgIpc) is 2.30. The van der Waals surface area contributed by atoms with Gasteiger partial charge in [-0.25, -0.2) is 0 Å². The van der Waals surface area contributed by atoms with E-state index in [2.05, 4.69) is 32.0 Å². The van der Waals surface area contributed by atoms with E-state index in [4.69, 9.17) is 11.0 Å². The molecule has 0 amide bonds. The third kappa shape index (κ3) is 4.07. The minimum Gasteiger partial charge on any atom is -0.323 e. The molecule has 0 radical (unpaired) electrons. The second kappa shape index (κ2) is 6.68. The van der Waals surface area contributed by atoms with Crippen molar-refractivity contribution in [2.75, 3.05) is 0 Å². The van der Waals surface area contributed by atoms with Gasteiger partial charge in [-0.3, -0.25) is 0 Å². The van der Waals surface area contributed by atoms with Crippen LogP contribution in [0.2, 0.25) is 0 Å². The van der Waals surface area contributed by atoms with E-state index in [-0.39, 0.29) is 12.0 Å². The molecule has 2 N–H and O–H groups in total. The topological polar surface area (TPSA) is 49.8 Å². The SMILES string of the molecule is CCC(C#N)C(N)c1ccc(SC(C)C)cc1. The summed E-state index contributed by atoms with van der Waals surface area (Å²) >= 11 is 1.83. The number of nitrogens with zero attached hydrogens (tertiary/aromatic N) is 1. The number of rotatable bonds is 5. The summed E-state index contributed by atoms with van der Waals surface area (Å²) in [5.74, 6) is -0.0985. The highest BCUT2D eigenvalue weighted by molar-refractivity contribution is 7.99. The zero-order valence-corrected chi connectivity index (χ0v) is 11.5. The molecule has 1 aromatic rings. The lowest BCUT2D eigenvalue weighted by molar-refractivity contribution is 0.517. The molecule has 0 heterocycles. The third-order valence-electron chi connectivity index (χ3n) is 2.68. The fraction of sp³-hybridized carbons (Fsp3) is 0.500. The number of hydrogen-bond acceptors (Lipinski definition) is 3. The summed E-state index contributed by atoms with van der Waals surface area (Å²) in [6.07, 6.45) is 0.792. The summed E-state index contributed by atoms with van der Waals surface area (Å²) < 4.78 is 0. The van der Waals surface area contributed by atoms with E-state index in [0.29, 0.717) is 5.25 Å². The highest BCUT2D eigenvalue weighted by Crippen LogP contribution is 2.26. The van der Waals surface area contributed by atoms with Gasteiger partial charge in [-0.05, 0) is 24.1 Å². The maximum Gasteiger partial charge on any atom is 0.0675 e. The Morgan fingerprint density at radius 2 is 1.88 bits per heavy atom. The van der Waals surface area contributed by atoms with Crippen molar-refractivity contribution in [1.29, 1.82) is 5.26 Å². The zero-order chi connectivity index (χ0) is 12.8. The van der Waals surface area contributed by atoms with E-state index < -0.39 is 0 Å². The highest BCUT2D eigenvalue weighted by Gasteiger charge is 2.16. The van der Waals surface area contributed by atoms with Gasteiger partial charge in [-0.1, -0.05) is 32.9 Å². The van der Waals surface area contributed by atoms with Crippen LogP contribution in [0.1, 0.15) is 38.8 Å². The summed E-state index contributed by atoms with van der Waals surface area (Å²) in [4.78, 5) is 1.25. The van der Waals surface area contributed by atoms with Crippen molar-refractivity contribution in [3.63, 3.8) is 0 Å². The standard InChI is InChI=1S/C14H20N2S/c1-4-11(9-15)14(16)12-5-7-13(8-6-12)17-10(2)3/h5-8,10-11,14H,4,16H2,1-3H3. The molecule has 2 unspecified atom stereocenters. The highest BCUT2D eigenvalue weighted by atomic mass is 32.2. The van der Waals surface area contributed by atoms with Crippen LogP contribution in [0.15, 0.2) is 29.2 Å². The average molecular weight is 248 g/mol. The minimum absolute atomic E-state index is 0.0985. The van der Waals surface area contributed by atoms with Crippen molar-refractivity contribution in [2.24, 2.45) is 11.7 Å². The normalized spacial score (nSPS) is 14.4. The molecule has 0 fully saturated rings. The van der Waals surface area contributed by atoms with Gasteiger partial charge in [0.2, 0.25) is 0 Å². The molecule has 0 aliphatic carbocycles. The van der Waals surface area contributed by atoms with E-state index in [1.165, 1.54) is 4.90 Å². The largest absolute Gasteiger partial charge is 0.323 e.